The van der Waals surface area contributed by atoms with Crippen molar-refractivity contribution in [1.82, 2.24) is 9.13 Å². The van der Waals surface area contributed by atoms with Crippen LogP contribution < -0.4 is 11.2 Å². The van der Waals surface area contributed by atoms with Gasteiger partial charge in [-0.25, -0.2) is 4.79 Å². The summed E-state index contributed by atoms with van der Waals surface area (Å²) in [5.74, 6) is 0. The van der Waals surface area contributed by atoms with Crippen LogP contribution in [0.3, 0.4) is 0 Å². The molecule has 1 heterocycles. The fourth-order valence-corrected chi connectivity index (χ4v) is 1.85. The van der Waals surface area contributed by atoms with Crippen LogP contribution in [0, 0.1) is 11.3 Å². The molecular weight excluding hydrogens is 202 g/mol. The van der Waals surface area contributed by atoms with Crippen LogP contribution in [-0.4, -0.2) is 15.4 Å². The Morgan fingerprint density at radius 1 is 1.29 bits per heavy atom. The summed E-state index contributed by atoms with van der Waals surface area (Å²) >= 11 is 1.21. The molecule has 5 nitrogen and oxygen atoms in total. The molecule has 0 saturated heterocycles. The van der Waals surface area contributed by atoms with Crippen molar-refractivity contribution in [2.24, 2.45) is 14.1 Å². The smallest absolute Gasteiger partial charge is 0.290 e. The van der Waals surface area contributed by atoms with Crippen LogP contribution in [0.1, 0.15) is 5.56 Å². The zero-order valence-electron chi connectivity index (χ0n) is 8.07. The lowest BCUT2D eigenvalue weighted by atomic mass is 10.3. The van der Waals surface area contributed by atoms with Gasteiger partial charge in [-0.05, 0) is 6.26 Å². The third-order valence-electron chi connectivity index (χ3n) is 1.92. The Kier molecular flexibility index (Phi) is 2.81. The number of nitrogens with zero attached hydrogens (tertiary/aromatic N) is 3. The fraction of sp³-hybridized carbons (Fsp3) is 0.375. The molecule has 14 heavy (non-hydrogen) atoms. The monoisotopic (exact) mass is 211 g/mol. The summed E-state index contributed by atoms with van der Waals surface area (Å²) < 4.78 is 2.23. The Morgan fingerprint density at radius 2 is 1.86 bits per heavy atom. The summed E-state index contributed by atoms with van der Waals surface area (Å²) in [7, 11) is 2.89. The molecular formula is C8H9N3O2S. The lowest BCUT2D eigenvalue weighted by Gasteiger charge is -2.08. The van der Waals surface area contributed by atoms with Crippen LogP contribution in [0.25, 0.3) is 0 Å². The minimum Gasteiger partial charge on any atom is -0.290 e. The molecule has 0 amide bonds. The summed E-state index contributed by atoms with van der Waals surface area (Å²) in [4.78, 5) is 22.9. The average Bonchev–Trinajstić information content (AvgIpc) is 2.20. The van der Waals surface area contributed by atoms with Gasteiger partial charge in [0.05, 0.1) is 0 Å². The van der Waals surface area contributed by atoms with E-state index in [0.717, 1.165) is 4.57 Å². The number of rotatable bonds is 1. The van der Waals surface area contributed by atoms with Gasteiger partial charge in [0.25, 0.3) is 5.56 Å². The maximum atomic E-state index is 11.5. The van der Waals surface area contributed by atoms with Crippen molar-refractivity contribution >= 4 is 11.8 Å². The molecule has 0 aromatic carbocycles. The molecule has 74 valence electrons. The van der Waals surface area contributed by atoms with Gasteiger partial charge >= 0.3 is 5.69 Å². The molecule has 0 spiro atoms. The normalized spacial score (nSPS) is 9.86. The van der Waals surface area contributed by atoms with Gasteiger partial charge in [0.1, 0.15) is 16.7 Å². The SMILES string of the molecule is CSc1c(C#N)c(=O)n(C)c(=O)n1C. The number of aromatic nitrogens is 2. The predicted molar refractivity (Wildman–Crippen MR) is 53.4 cm³/mol. The zero-order valence-corrected chi connectivity index (χ0v) is 8.88. The van der Waals surface area contributed by atoms with Crippen LogP contribution in [0.2, 0.25) is 0 Å². The van der Waals surface area contributed by atoms with E-state index in [1.165, 1.54) is 30.4 Å². The summed E-state index contributed by atoms with van der Waals surface area (Å²) in [6.45, 7) is 0. The minimum absolute atomic E-state index is 0.0158. The molecule has 0 fully saturated rings. The number of thioether (sulfide) groups is 1. The molecule has 0 saturated carbocycles. The number of hydrogen-bond donors (Lipinski definition) is 0. The molecule has 0 radical (unpaired) electrons. The third kappa shape index (κ3) is 1.36. The van der Waals surface area contributed by atoms with Gasteiger partial charge < -0.3 is 0 Å². The Morgan fingerprint density at radius 3 is 2.29 bits per heavy atom. The summed E-state index contributed by atoms with van der Waals surface area (Å²) in [6.07, 6.45) is 1.72. The first-order valence-corrected chi connectivity index (χ1v) is 5.01. The minimum atomic E-state index is -0.542. The lowest BCUT2D eigenvalue weighted by Crippen LogP contribution is -2.39. The van der Waals surface area contributed by atoms with E-state index in [2.05, 4.69) is 0 Å². The second kappa shape index (κ2) is 3.72. The Balaban J connectivity index is 3.87. The largest absolute Gasteiger partial charge is 0.331 e. The molecule has 1 rings (SSSR count). The van der Waals surface area contributed by atoms with E-state index >= 15 is 0 Å². The van der Waals surface area contributed by atoms with Crippen molar-refractivity contribution in [3.05, 3.63) is 26.4 Å². The summed E-state index contributed by atoms with van der Waals surface area (Å²) in [5, 5.41) is 9.18. The van der Waals surface area contributed by atoms with E-state index in [-0.39, 0.29) is 5.56 Å². The Labute approximate surface area is 84.6 Å². The van der Waals surface area contributed by atoms with Crippen LogP contribution in [-0.2, 0) is 14.1 Å². The number of hydrogen-bond acceptors (Lipinski definition) is 4. The highest BCUT2D eigenvalue weighted by atomic mass is 32.2. The van der Waals surface area contributed by atoms with Crippen molar-refractivity contribution in [3.63, 3.8) is 0 Å². The van der Waals surface area contributed by atoms with E-state index in [1.807, 2.05) is 6.07 Å². The highest BCUT2D eigenvalue weighted by molar-refractivity contribution is 7.98. The van der Waals surface area contributed by atoms with Gasteiger partial charge in [0, 0.05) is 14.1 Å². The van der Waals surface area contributed by atoms with Gasteiger partial charge in [-0.2, -0.15) is 5.26 Å². The molecule has 6 heteroatoms. The molecule has 1 aromatic rings. The fourth-order valence-electron chi connectivity index (χ4n) is 1.16. The van der Waals surface area contributed by atoms with E-state index in [4.69, 9.17) is 5.26 Å². The summed E-state index contributed by atoms with van der Waals surface area (Å²) in [6, 6.07) is 1.81. The first kappa shape index (κ1) is 10.6. The van der Waals surface area contributed by atoms with Crippen LogP contribution in [0.4, 0.5) is 0 Å². The molecule has 0 bridgehead atoms. The van der Waals surface area contributed by atoms with E-state index < -0.39 is 11.2 Å². The second-order valence-corrected chi connectivity index (χ2v) is 3.50. The van der Waals surface area contributed by atoms with Crippen molar-refractivity contribution in [1.29, 1.82) is 5.26 Å². The van der Waals surface area contributed by atoms with Crippen molar-refractivity contribution in [2.45, 2.75) is 5.03 Å². The quantitative estimate of drug-likeness (QED) is 0.471. The second-order valence-electron chi connectivity index (χ2n) is 2.70. The first-order valence-electron chi connectivity index (χ1n) is 3.78. The van der Waals surface area contributed by atoms with E-state index in [1.54, 1.807) is 6.26 Å². The molecule has 0 unspecified atom stereocenters. The zero-order chi connectivity index (χ0) is 10.9. The highest BCUT2D eigenvalue weighted by Gasteiger charge is 2.13. The number of nitriles is 1. The molecule has 0 N–H and O–H groups in total. The standard InChI is InChI=1S/C8H9N3O2S/c1-10-6(12)5(4-9)7(14-3)11(2)8(10)13/h1-3H3. The average molecular weight is 211 g/mol. The van der Waals surface area contributed by atoms with Gasteiger partial charge in [0.15, 0.2) is 0 Å². The molecule has 0 aliphatic carbocycles. The van der Waals surface area contributed by atoms with E-state index in [9.17, 15) is 9.59 Å². The lowest BCUT2D eigenvalue weighted by molar-refractivity contribution is 0.631. The topological polar surface area (TPSA) is 67.8 Å². The van der Waals surface area contributed by atoms with Gasteiger partial charge in [-0.1, -0.05) is 0 Å². The molecule has 0 atom stereocenters. The Hall–Kier alpha value is -1.48. The first-order chi connectivity index (χ1) is 6.54. The van der Waals surface area contributed by atoms with Crippen molar-refractivity contribution < 1.29 is 0 Å². The van der Waals surface area contributed by atoms with Crippen LogP contribution in [0.5, 0.6) is 0 Å². The van der Waals surface area contributed by atoms with Crippen LogP contribution >= 0.6 is 11.8 Å². The van der Waals surface area contributed by atoms with Crippen molar-refractivity contribution in [2.75, 3.05) is 6.26 Å². The van der Waals surface area contributed by atoms with Gasteiger partial charge in [-0.15, -0.1) is 11.8 Å². The van der Waals surface area contributed by atoms with Crippen LogP contribution in [0.15, 0.2) is 14.6 Å². The van der Waals surface area contributed by atoms with E-state index in [0.29, 0.717) is 5.03 Å². The van der Waals surface area contributed by atoms with Gasteiger partial charge in [-0.3, -0.25) is 13.9 Å². The van der Waals surface area contributed by atoms with Gasteiger partial charge in [0.2, 0.25) is 0 Å². The maximum absolute atomic E-state index is 11.5. The molecule has 0 aliphatic rings. The predicted octanol–water partition coefficient (Wildman–Crippen LogP) is -0.322. The van der Waals surface area contributed by atoms with Crippen molar-refractivity contribution in [3.8, 4) is 6.07 Å². The highest BCUT2D eigenvalue weighted by Crippen LogP contribution is 2.13. The maximum Gasteiger partial charge on any atom is 0.331 e. The third-order valence-corrected chi connectivity index (χ3v) is 2.78. The molecule has 0 aliphatic heterocycles. The Bertz CT molecular complexity index is 521. The summed E-state index contributed by atoms with van der Waals surface area (Å²) in [5.41, 5.74) is -0.944. The molecule has 1 aromatic heterocycles.